The topological polar surface area (TPSA) is 66.0 Å². The normalized spacial score (nSPS) is 11.3. The van der Waals surface area contributed by atoms with Crippen LogP contribution in [0.25, 0.3) is 11.4 Å². The van der Waals surface area contributed by atoms with Crippen molar-refractivity contribution >= 4 is 11.8 Å². The van der Waals surface area contributed by atoms with Gasteiger partial charge in [0.25, 0.3) is 0 Å². The number of nitrogens with zero attached hydrogens (tertiary/aromatic N) is 4. The van der Waals surface area contributed by atoms with Gasteiger partial charge in [-0.15, -0.1) is 10.2 Å². The molecule has 0 unspecified atom stereocenters. The standard InChI is InChI=1S/C18H22N4O2S/c1-11(2)22-17(14-6-8-15(23-5)9-7-14)19-20-18(22)25-10-16-12(3)21-24-13(16)4/h6-9,11H,10H2,1-5H3. The third-order valence-electron chi connectivity index (χ3n) is 4.06. The molecule has 0 radical (unpaired) electrons. The first kappa shape index (κ1) is 17.5. The van der Waals surface area contributed by atoms with Gasteiger partial charge in [-0.3, -0.25) is 4.57 Å². The molecule has 0 amide bonds. The van der Waals surface area contributed by atoms with Crippen molar-refractivity contribution in [1.82, 2.24) is 19.9 Å². The molecule has 132 valence electrons. The van der Waals surface area contributed by atoms with Gasteiger partial charge in [-0.1, -0.05) is 16.9 Å². The van der Waals surface area contributed by atoms with Gasteiger partial charge in [-0.25, -0.2) is 0 Å². The minimum Gasteiger partial charge on any atom is -0.497 e. The zero-order valence-electron chi connectivity index (χ0n) is 15.1. The van der Waals surface area contributed by atoms with Crippen molar-refractivity contribution in [2.75, 3.05) is 7.11 Å². The van der Waals surface area contributed by atoms with Gasteiger partial charge in [0, 0.05) is 22.9 Å². The number of aromatic nitrogens is 4. The highest BCUT2D eigenvalue weighted by atomic mass is 32.2. The van der Waals surface area contributed by atoms with Gasteiger partial charge in [0.05, 0.1) is 12.8 Å². The Bertz CT molecular complexity index is 833. The summed E-state index contributed by atoms with van der Waals surface area (Å²) in [4.78, 5) is 0. The third-order valence-corrected chi connectivity index (χ3v) is 5.03. The molecule has 1 aromatic carbocycles. The smallest absolute Gasteiger partial charge is 0.192 e. The Kier molecular flexibility index (Phi) is 5.13. The second kappa shape index (κ2) is 7.31. The predicted octanol–water partition coefficient (Wildman–Crippen LogP) is 4.43. The van der Waals surface area contributed by atoms with Gasteiger partial charge >= 0.3 is 0 Å². The number of methoxy groups -OCH3 is 1. The minimum atomic E-state index is 0.249. The molecular weight excluding hydrogens is 336 g/mol. The lowest BCUT2D eigenvalue weighted by molar-refractivity contribution is 0.392. The van der Waals surface area contributed by atoms with Crippen LogP contribution < -0.4 is 4.74 Å². The number of benzene rings is 1. The molecule has 0 spiro atoms. The van der Waals surface area contributed by atoms with E-state index in [1.54, 1.807) is 18.9 Å². The molecule has 3 rings (SSSR count). The number of hydrogen-bond donors (Lipinski definition) is 0. The molecule has 0 aliphatic rings. The summed E-state index contributed by atoms with van der Waals surface area (Å²) in [6.07, 6.45) is 0. The lowest BCUT2D eigenvalue weighted by Crippen LogP contribution is -2.05. The van der Waals surface area contributed by atoms with Crippen LogP contribution >= 0.6 is 11.8 Å². The van der Waals surface area contributed by atoms with Gasteiger partial charge in [-0.2, -0.15) is 0 Å². The molecular formula is C18H22N4O2S. The maximum absolute atomic E-state index is 5.24. The molecule has 2 aromatic heterocycles. The highest BCUT2D eigenvalue weighted by Crippen LogP contribution is 2.31. The van der Waals surface area contributed by atoms with E-state index in [0.717, 1.165) is 45.1 Å². The average Bonchev–Trinajstić information content (AvgIpc) is 3.17. The Morgan fingerprint density at radius 1 is 1.16 bits per heavy atom. The van der Waals surface area contributed by atoms with E-state index in [1.807, 2.05) is 38.1 Å². The first-order chi connectivity index (χ1) is 12.0. The molecule has 3 aromatic rings. The van der Waals surface area contributed by atoms with E-state index >= 15 is 0 Å². The van der Waals surface area contributed by atoms with Crippen LogP contribution in [0, 0.1) is 13.8 Å². The molecule has 0 saturated heterocycles. The van der Waals surface area contributed by atoms with Crippen LogP contribution in [-0.4, -0.2) is 27.0 Å². The van der Waals surface area contributed by atoms with Crippen molar-refractivity contribution in [1.29, 1.82) is 0 Å². The summed E-state index contributed by atoms with van der Waals surface area (Å²) in [5, 5.41) is 13.7. The van der Waals surface area contributed by atoms with Gasteiger partial charge < -0.3 is 9.26 Å². The van der Waals surface area contributed by atoms with E-state index in [2.05, 4.69) is 33.8 Å². The van der Waals surface area contributed by atoms with E-state index in [0.29, 0.717) is 0 Å². The monoisotopic (exact) mass is 358 g/mol. The molecule has 7 heteroatoms. The summed E-state index contributed by atoms with van der Waals surface area (Å²) >= 11 is 1.65. The summed E-state index contributed by atoms with van der Waals surface area (Å²) in [6.45, 7) is 8.17. The lowest BCUT2D eigenvalue weighted by atomic mass is 10.2. The van der Waals surface area contributed by atoms with E-state index in [1.165, 1.54) is 0 Å². The van der Waals surface area contributed by atoms with Crippen LogP contribution in [-0.2, 0) is 5.75 Å². The number of ether oxygens (including phenoxy) is 1. The van der Waals surface area contributed by atoms with Crippen molar-refractivity contribution < 1.29 is 9.26 Å². The second-order valence-corrected chi connectivity index (χ2v) is 7.03. The first-order valence-electron chi connectivity index (χ1n) is 8.15. The molecule has 0 aliphatic heterocycles. The molecule has 6 nitrogen and oxygen atoms in total. The van der Waals surface area contributed by atoms with Gasteiger partial charge in [-0.05, 0) is 52.0 Å². The molecule has 0 saturated carbocycles. The highest BCUT2D eigenvalue weighted by molar-refractivity contribution is 7.98. The van der Waals surface area contributed by atoms with Gasteiger partial charge in [0.15, 0.2) is 11.0 Å². The van der Waals surface area contributed by atoms with Crippen molar-refractivity contribution in [2.45, 2.75) is 44.6 Å². The molecule has 0 aliphatic carbocycles. The molecule has 2 heterocycles. The van der Waals surface area contributed by atoms with Crippen LogP contribution in [0.15, 0.2) is 33.9 Å². The van der Waals surface area contributed by atoms with E-state index < -0.39 is 0 Å². The van der Waals surface area contributed by atoms with Gasteiger partial charge in [0.2, 0.25) is 0 Å². The fraction of sp³-hybridized carbons (Fsp3) is 0.389. The Balaban J connectivity index is 1.89. The van der Waals surface area contributed by atoms with Crippen molar-refractivity contribution in [3.63, 3.8) is 0 Å². The number of hydrogen-bond acceptors (Lipinski definition) is 6. The van der Waals surface area contributed by atoms with Crippen LogP contribution in [0.4, 0.5) is 0 Å². The average molecular weight is 358 g/mol. The summed E-state index contributed by atoms with van der Waals surface area (Å²) in [5.74, 6) is 3.30. The zero-order chi connectivity index (χ0) is 18.0. The number of thioether (sulfide) groups is 1. The SMILES string of the molecule is COc1ccc(-c2nnc(SCc3c(C)noc3C)n2C(C)C)cc1. The first-order valence-corrected chi connectivity index (χ1v) is 9.13. The Morgan fingerprint density at radius 3 is 2.44 bits per heavy atom. The van der Waals surface area contributed by atoms with Crippen molar-refractivity contribution in [3.05, 3.63) is 41.3 Å². The fourth-order valence-corrected chi connectivity index (χ4v) is 3.84. The van der Waals surface area contributed by atoms with E-state index in [9.17, 15) is 0 Å². The largest absolute Gasteiger partial charge is 0.497 e. The quantitative estimate of drug-likeness (QED) is 0.607. The van der Waals surface area contributed by atoms with E-state index in [4.69, 9.17) is 9.26 Å². The van der Waals surface area contributed by atoms with Crippen LogP contribution in [0.2, 0.25) is 0 Å². The maximum Gasteiger partial charge on any atom is 0.192 e. The number of rotatable bonds is 6. The molecule has 25 heavy (non-hydrogen) atoms. The molecule has 0 fully saturated rings. The summed E-state index contributed by atoms with van der Waals surface area (Å²) in [7, 11) is 1.66. The minimum absolute atomic E-state index is 0.249. The fourth-order valence-electron chi connectivity index (χ4n) is 2.62. The van der Waals surface area contributed by atoms with Crippen LogP contribution in [0.3, 0.4) is 0 Å². The summed E-state index contributed by atoms with van der Waals surface area (Å²) < 4.78 is 12.6. The Labute approximate surface area is 151 Å². The maximum atomic E-state index is 5.24. The van der Waals surface area contributed by atoms with Crippen LogP contribution in [0.5, 0.6) is 5.75 Å². The zero-order valence-corrected chi connectivity index (χ0v) is 15.9. The van der Waals surface area contributed by atoms with Crippen molar-refractivity contribution in [2.24, 2.45) is 0 Å². The van der Waals surface area contributed by atoms with E-state index in [-0.39, 0.29) is 6.04 Å². The number of aryl methyl sites for hydroxylation is 2. The molecule has 0 bridgehead atoms. The molecule has 0 atom stereocenters. The third kappa shape index (κ3) is 3.56. The second-order valence-electron chi connectivity index (χ2n) is 6.09. The Morgan fingerprint density at radius 2 is 1.88 bits per heavy atom. The summed E-state index contributed by atoms with van der Waals surface area (Å²) in [6, 6.07) is 8.13. The Hall–Kier alpha value is -2.28. The predicted molar refractivity (Wildman–Crippen MR) is 97.9 cm³/mol. The highest BCUT2D eigenvalue weighted by Gasteiger charge is 2.18. The molecule has 0 N–H and O–H groups in total. The van der Waals surface area contributed by atoms with Crippen LogP contribution in [0.1, 0.15) is 36.9 Å². The van der Waals surface area contributed by atoms with Gasteiger partial charge in [0.1, 0.15) is 11.5 Å². The lowest BCUT2D eigenvalue weighted by Gasteiger charge is -2.14. The summed E-state index contributed by atoms with van der Waals surface area (Å²) in [5.41, 5.74) is 3.07. The van der Waals surface area contributed by atoms with Crippen molar-refractivity contribution in [3.8, 4) is 17.1 Å².